The second-order valence-corrected chi connectivity index (χ2v) is 3.38. The normalized spacial score (nSPS) is 30.2. The molecule has 1 saturated carbocycles. The van der Waals surface area contributed by atoms with Crippen LogP contribution in [0.3, 0.4) is 0 Å². The highest BCUT2D eigenvalue weighted by Crippen LogP contribution is 2.40. The fourth-order valence-corrected chi connectivity index (χ4v) is 1.37. The van der Waals surface area contributed by atoms with Gasteiger partial charge in [-0.2, -0.15) is 5.26 Å². The van der Waals surface area contributed by atoms with Gasteiger partial charge in [-0.1, -0.05) is 0 Å². The Kier molecular flexibility index (Phi) is 2.29. The van der Waals surface area contributed by atoms with Crippen molar-refractivity contribution < 1.29 is 0 Å². The fraction of sp³-hybridized carbons (Fsp3) is 0.875. The maximum Gasteiger partial charge on any atom is 0.0624 e. The van der Waals surface area contributed by atoms with Gasteiger partial charge in [-0.15, -0.1) is 0 Å². The molecule has 0 aromatic carbocycles. The van der Waals surface area contributed by atoms with Gasteiger partial charge in [0.25, 0.3) is 0 Å². The van der Waals surface area contributed by atoms with Crippen molar-refractivity contribution in [3.63, 3.8) is 0 Å². The summed E-state index contributed by atoms with van der Waals surface area (Å²) in [5.41, 5.74) is 0. The zero-order valence-electron chi connectivity index (χ0n) is 6.67. The molecule has 1 rings (SSSR count). The molecule has 1 aliphatic carbocycles. The Morgan fingerprint density at radius 2 is 2.20 bits per heavy atom. The number of nitriles is 1. The second-order valence-electron chi connectivity index (χ2n) is 3.38. The highest BCUT2D eigenvalue weighted by Gasteiger charge is 2.36. The minimum Gasteiger partial charge on any atom is -0.309 e. The van der Waals surface area contributed by atoms with Crippen LogP contribution in [-0.2, 0) is 0 Å². The van der Waals surface area contributed by atoms with E-state index in [1.807, 2.05) is 0 Å². The number of rotatable bonds is 3. The largest absolute Gasteiger partial charge is 0.309 e. The second kappa shape index (κ2) is 3.03. The van der Waals surface area contributed by atoms with Crippen LogP contribution in [0.5, 0.6) is 0 Å². The lowest BCUT2D eigenvalue weighted by atomic mass is 10.2. The zero-order chi connectivity index (χ0) is 7.56. The summed E-state index contributed by atoms with van der Waals surface area (Å²) in [5.74, 6) is 1.53. The lowest BCUT2D eigenvalue weighted by molar-refractivity contribution is 0.379. The van der Waals surface area contributed by atoms with Gasteiger partial charge in [-0.05, 0) is 32.4 Å². The van der Waals surface area contributed by atoms with Crippen LogP contribution in [0.1, 0.15) is 12.8 Å². The molecule has 0 amide bonds. The molecule has 2 heteroatoms. The molecule has 0 aliphatic heterocycles. The van der Waals surface area contributed by atoms with Crippen molar-refractivity contribution in [3.8, 4) is 6.07 Å². The number of hydrogen-bond acceptors (Lipinski definition) is 2. The molecule has 2 unspecified atom stereocenters. The minimum atomic E-state index is 0.715. The molecule has 0 spiro atoms. The zero-order valence-corrected chi connectivity index (χ0v) is 6.67. The van der Waals surface area contributed by atoms with Gasteiger partial charge in [0.2, 0.25) is 0 Å². The third-order valence-electron chi connectivity index (χ3n) is 2.02. The Hall–Kier alpha value is -0.550. The quantitative estimate of drug-likeness (QED) is 0.584. The summed E-state index contributed by atoms with van der Waals surface area (Å²) in [6, 6.07) is 2.21. The molecule has 0 saturated heterocycles. The average Bonchev–Trinajstić information content (AvgIpc) is 2.47. The van der Waals surface area contributed by atoms with Crippen molar-refractivity contribution in [2.75, 3.05) is 20.6 Å². The molecule has 2 nitrogen and oxygen atoms in total. The van der Waals surface area contributed by atoms with Crippen LogP contribution >= 0.6 is 0 Å². The van der Waals surface area contributed by atoms with Crippen molar-refractivity contribution in [2.24, 2.45) is 11.8 Å². The van der Waals surface area contributed by atoms with Crippen LogP contribution < -0.4 is 0 Å². The van der Waals surface area contributed by atoms with Crippen LogP contribution in [0, 0.1) is 23.2 Å². The molecule has 56 valence electrons. The first-order valence-electron chi connectivity index (χ1n) is 3.75. The van der Waals surface area contributed by atoms with Gasteiger partial charge in [0.1, 0.15) is 0 Å². The summed E-state index contributed by atoms with van der Waals surface area (Å²) < 4.78 is 0. The van der Waals surface area contributed by atoms with E-state index in [1.54, 1.807) is 0 Å². The summed E-state index contributed by atoms with van der Waals surface area (Å²) in [5, 5.41) is 8.36. The number of hydrogen-bond donors (Lipinski definition) is 0. The summed E-state index contributed by atoms with van der Waals surface area (Å²) in [6.07, 6.45) is 2.03. The maximum atomic E-state index is 8.36. The Labute approximate surface area is 62.4 Å². The lowest BCUT2D eigenvalue weighted by Crippen LogP contribution is -2.15. The van der Waals surface area contributed by atoms with Gasteiger partial charge in [-0.3, -0.25) is 0 Å². The Morgan fingerprint density at radius 3 is 2.70 bits per heavy atom. The monoisotopic (exact) mass is 138 g/mol. The Balaban J connectivity index is 2.09. The number of nitrogens with zero attached hydrogens (tertiary/aromatic N) is 2. The maximum absolute atomic E-state index is 8.36. The standard InChI is InChI=1S/C8H14N2/c1-10(2)6-8-5-7(8)3-4-9/h7-8H,3,5-6H2,1-2H3. The fourth-order valence-electron chi connectivity index (χ4n) is 1.37. The van der Waals surface area contributed by atoms with Crippen molar-refractivity contribution in [1.82, 2.24) is 4.90 Å². The minimum absolute atomic E-state index is 0.715. The molecule has 0 aromatic rings. The van der Waals surface area contributed by atoms with Crippen LogP contribution in [-0.4, -0.2) is 25.5 Å². The van der Waals surface area contributed by atoms with E-state index in [2.05, 4.69) is 25.1 Å². The predicted octanol–water partition coefficient (Wildman–Crippen LogP) is 1.10. The molecular formula is C8H14N2. The molecule has 0 aromatic heterocycles. The van der Waals surface area contributed by atoms with Gasteiger partial charge < -0.3 is 4.90 Å². The van der Waals surface area contributed by atoms with Gasteiger partial charge in [0, 0.05) is 13.0 Å². The first-order valence-corrected chi connectivity index (χ1v) is 3.75. The third kappa shape index (κ3) is 2.00. The molecule has 1 fully saturated rings. The van der Waals surface area contributed by atoms with Gasteiger partial charge >= 0.3 is 0 Å². The van der Waals surface area contributed by atoms with E-state index < -0.39 is 0 Å². The summed E-state index contributed by atoms with van der Waals surface area (Å²) in [7, 11) is 4.17. The first-order chi connectivity index (χ1) is 4.74. The summed E-state index contributed by atoms with van der Waals surface area (Å²) in [4.78, 5) is 2.20. The molecule has 0 radical (unpaired) electrons. The van der Waals surface area contributed by atoms with Crippen LogP contribution in [0.4, 0.5) is 0 Å². The Bertz CT molecular complexity index is 146. The highest BCUT2D eigenvalue weighted by atomic mass is 15.1. The van der Waals surface area contributed by atoms with E-state index in [9.17, 15) is 0 Å². The molecule has 10 heavy (non-hydrogen) atoms. The molecule has 0 N–H and O–H groups in total. The van der Waals surface area contributed by atoms with E-state index in [0.717, 1.165) is 18.9 Å². The Morgan fingerprint density at radius 1 is 1.50 bits per heavy atom. The smallest absolute Gasteiger partial charge is 0.0624 e. The van der Waals surface area contributed by atoms with Gasteiger partial charge in [0.15, 0.2) is 0 Å². The molecule has 0 bridgehead atoms. The molecule has 0 heterocycles. The topological polar surface area (TPSA) is 27.0 Å². The van der Waals surface area contributed by atoms with E-state index in [4.69, 9.17) is 5.26 Å². The van der Waals surface area contributed by atoms with Crippen LogP contribution in [0.25, 0.3) is 0 Å². The van der Waals surface area contributed by atoms with Crippen LogP contribution in [0.2, 0.25) is 0 Å². The lowest BCUT2D eigenvalue weighted by Gasteiger charge is -2.06. The summed E-state index contributed by atoms with van der Waals surface area (Å²) >= 11 is 0. The van der Waals surface area contributed by atoms with Gasteiger partial charge in [-0.25, -0.2) is 0 Å². The first kappa shape index (κ1) is 7.56. The van der Waals surface area contributed by atoms with Crippen molar-refractivity contribution in [2.45, 2.75) is 12.8 Å². The van der Waals surface area contributed by atoms with Crippen LogP contribution in [0.15, 0.2) is 0 Å². The van der Waals surface area contributed by atoms with Crippen molar-refractivity contribution >= 4 is 0 Å². The van der Waals surface area contributed by atoms with E-state index in [0.29, 0.717) is 5.92 Å². The average molecular weight is 138 g/mol. The van der Waals surface area contributed by atoms with Gasteiger partial charge in [0.05, 0.1) is 6.07 Å². The predicted molar refractivity (Wildman–Crippen MR) is 40.4 cm³/mol. The molecule has 2 atom stereocenters. The molecule has 1 aliphatic rings. The van der Waals surface area contributed by atoms with E-state index >= 15 is 0 Å². The van der Waals surface area contributed by atoms with E-state index in [1.165, 1.54) is 6.42 Å². The third-order valence-corrected chi connectivity index (χ3v) is 2.02. The molecular weight excluding hydrogens is 124 g/mol. The van der Waals surface area contributed by atoms with Crippen molar-refractivity contribution in [1.29, 1.82) is 5.26 Å². The SMILES string of the molecule is CN(C)CC1CC1CC#N. The van der Waals surface area contributed by atoms with Crippen molar-refractivity contribution in [3.05, 3.63) is 0 Å². The summed E-state index contributed by atoms with van der Waals surface area (Å²) in [6.45, 7) is 1.16. The highest BCUT2D eigenvalue weighted by molar-refractivity contribution is 4.93. The van der Waals surface area contributed by atoms with E-state index in [-0.39, 0.29) is 0 Å².